The number of halogens is 1. The van der Waals surface area contributed by atoms with Gasteiger partial charge < -0.3 is 9.84 Å². The van der Waals surface area contributed by atoms with Gasteiger partial charge in [0.15, 0.2) is 0 Å². The van der Waals surface area contributed by atoms with E-state index >= 15 is 0 Å². The molecule has 0 fully saturated rings. The molecule has 116 valence electrons. The fourth-order valence-electron chi connectivity index (χ4n) is 2.66. The molecule has 4 heteroatoms. The fourth-order valence-corrected chi connectivity index (χ4v) is 2.66. The first kappa shape index (κ1) is 15.0. The highest BCUT2D eigenvalue weighted by molar-refractivity contribution is 6.09. The minimum absolute atomic E-state index is 0.216. The average Bonchev–Trinajstić information content (AvgIpc) is 2.54. The van der Waals surface area contributed by atoms with Crippen molar-refractivity contribution in [1.82, 2.24) is 0 Å². The lowest BCUT2D eigenvalue weighted by molar-refractivity contribution is 0.0527. The van der Waals surface area contributed by atoms with Crippen molar-refractivity contribution in [2.24, 2.45) is 0 Å². The van der Waals surface area contributed by atoms with Crippen LogP contribution in [-0.2, 0) is 4.74 Å². The number of phenolic OH excluding ortho intramolecular Hbond substituents is 1. The lowest BCUT2D eigenvalue weighted by Crippen LogP contribution is -2.07. The number of phenols is 1. The van der Waals surface area contributed by atoms with E-state index in [4.69, 9.17) is 4.74 Å². The molecule has 0 aromatic heterocycles. The second-order valence-electron chi connectivity index (χ2n) is 5.09. The first-order chi connectivity index (χ1) is 11.1. The Hall–Kier alpha value is -2.88. The highest BCUT2D eigenvalue weighted by atomic mass is 19.1. The van der Waals surface area contributed by atoms with Crippen molar-refractivity contribution in [3.63, 3.8) is 0 Å². The van der Waals surface area contributed by atoms with E-state index in [1.54, 1.807) is 13.0 Å². The first-order valence-electron chi connectivity index (χ1n) is 7.29. The third-order valence-electron chi connectivity index (χ3n) is 3.65. The van der Waals surface area contributed by atoms with E-state index in [0.29, 0.717) is 16.7 Å². The first-order valence-corrected chi connectivity index (χ1v) is 7.29. The van der Waals surface area contributed by atoms with Crippen LogP contribution in [0, 0.1) is 5.82 Å². The lowest BCUT2D eigenvalue weighted by Gasteiger charge is -2.14. The van der Waals surface area contributed by atoms with E-state index in [9.17, 15) is 14.3 Å². The van der Waals surface area contributed by atoms with Crippen molar-refractivity contribution < 1.29 is 19.0 Å². The fraction of sp³-hybridized carbons (Fsp3) is 0.105. The molecule has 0 amide bonds. The Bertz CT molecular complexity index is 887. The van der Waals surface area contributed by atoms with E-state index in [1.165, 1.54) is 12.1 Å². The molecule has 23 heavy (non-hydrogen) atoms. The van der Waals surface area contributed by atoms with Gasteiger partial charge in [-0.05, 0) is 35.9 Å². The van der Waals surface area contributed by atoms with Gasteiger partial charge in [-0.3, -0.25) is 0 Å². The molecule has 3 aromatic carbocycles. The smallest absolute Gasteiger partial charge is 0.338 e. The summed E-state index contributed by atoms with van der Waals surface area (Å²) in [7, 11) is 0. The summed E-state index contributed by atoms with van der Waals surface area (Å²) in [6, 6.07) is 14.8. The Morgan fingerprint density at radius 1 is 1.13 bits per heavy atom. The zero-order valence-corrected chi connectivity index (χ0v) is 12.5. The molecule has 0 unspecified atom stereocenters. The van der Waals surface area contributed by atoms with Crippen LogP contribution in [0.1, 0.15) is 17.3 Å². The van der Waals surface area contributed by atoms with Gasteiger partial charge in [0.05, 0.1) is 12.2 Å². The molecule has 0 heterocycles. The second-order valence-corrected chi connectivity index (χ2v) is 5.09. The Morgan fingerprint density at radius 2 is 1.91 bits per heavy atom. The van der Waals surface area contributed by atoms with Gasteiger partial charge in [-0.1, -0.05) is 30.3 Å². The van der Waals surface area contributed by atoms with Crippen molar-refractivity contribution in [1.29, 1.82) is 0 Å². The molecule has 0 saturated heterocycles. The molecule has 0 radical (unpaired) electrons. The van der Waals surface area contributed by atoms with Crippen molar-refractivity contribution in [2.45, 2.75) is 6.92 Å². The third kappa shape index (κ3) is 2.75. The topological polar surface area (TPSA) is 46.5 Å². The lowest BCUT2D eigenvalue weighted by atomic mass is 9.92. The minimum atomic E-state index is -0.538. The van der Waals surface area contributed by atoms with Crippen molar-refractivity contribution in [2.75, 3.05) is 6.61 Å². The zero-order valence-electron chi connectivity index (χ0n) is 12.5. The summed E-state index contributed by atoms with van der Waals surface area (Å²) in [5.74, 6) is -1.23. The summed E-state index contributed by atoms with van der Waals surface area (Å²) in [6.45, 7) is 1.98. The number of rotatable bonds is 3. The number of ether oxygens (including phenoxy) is 1. The van der Waals surface area contributed by atoms with Crippen LogP contribution >= 0.6 is 0 Å². The monoisotopic (exact) mass is 310 g/mol. The van der Waals surface area contributed by atoms with Crippen LogP contribution in [0.4, 0.5) is 4.39 Å². The Kier molecular flexibility index (Phi) is 3.98. The summed E-state index contributed by atoms with van der Waals surface area (Å²) in [4.78, 5) is 12.3. The molecule has 0 bridgehead atoms. The Labute approximate surface area is 132 Å². The van der Waals surface area contributed by atoms with Gasteiger partial charge in [-0.2, -0.15) is 0 Å². The van der Waals surface area contributed by atoms with Crippen LogP contribution in [0.2, 0.25) is 0 Å². The highest BCUT2D eigenvalue weighted by Crippen LogP contribution is 2.37. The predicted octanol–water partition coefficient (Wildman–Crippen LogP) is 4.53. The number of hydrogen-bond acceptors (Lipinski definition) is 3. The van der Waals surface area contributed by atoms with Crippen LogP contribution in [0.5, 0.6) is 5.75 Å². The van der Waals surface area contributed by atoms with Gasteiger partial charge >= 0.3 is 5.97 Å². The molecule has 0 saturated carbocycles. The Balaban J connectivity index is 2.34. The number of esters is 1. The summed E-state index contributed by atoms with van der Waals surface area (Å²) < 4.78 is 18.4. The van der Waals surface area contributed by atoms with E-state index in [1.807, 2.05) is 30.3 Å². The zero-order chi connectivity index (χ0) is 16.4. The number of hydrogen-bond donors (Lipinski definition) is 1. The van der Waals surface area contributed by atoms with Crippen molar-refractivity contribution >= 4 is 16.7 Å². The number of carbonyl (C=O) groups is 1. The van der Waals surface area contributed by atoms with Crippen LogP contribution in [0.25, 0.3) is 21.9 Å². The van der Waals surface area contributed by atoms with Gasteiger partial charge in [0, 0.05) is 17.2 Å². The van der Waals surface area contributed by atoms with Gasteiger partial charge in [-0.15, -0.1) is 0 Å². The van der Waals surface area contributed by atoms with E-state index in [0.717, 1.165) is 16.8 Å². The van der Waals surface area contributed by atoms with Crippen LogP contribution in [0.3, 0.4) is 0 Å². The van der Waals surface area contributed by atoms with Gasteiger partial charge in [0.25, 0.3) is 0 Å². The normalized spacial score (nSPS) is 10.7. The van der Waals surface area contributed by atoms with Crippen LogP contribution < -0.4 is 0 Å². The standard InChI is InChI=1S/C19H15FO3/c1-2-23-19(22)16-9-7-12-5-3-4-6-14(12)18(16)15-10-8-13(20)11-17(15)21/h3-11,21H,2H2,1H3. The highest BCUT2D eigenvalue weighted by Gasteiger charge is 2.19. The van der Waals surface area contributed by atoms with E-state index in [2.05, 4.69) is 0 Å². The van der Waals surface area contributed by atoms with E-state index in [-0.39, 0.29) is 12.4 Å². The summed E-state index contributed by atoms with van der Waals surface area (Å²) in [6.07, 6.45) is 0. The van der Waals surface area contributed by atoms with E-state index < -0.39 is 11.8 Å². The average molecular weight is 310 g/mol. The maximum atomic E-state index is 13.3. The SMILES string of the molecule is CCOC(=O)c1ccc2ccccc2c1-c1ccc(F)cc1O. The molecule has 0 aliphatic rings. The van der Waals surface area contributed by atoms with Crippen molar-refractivity contribution in [3.05, 3.63) is 66.0 Å². The van der Waals surface area contributed by atoms with Crippen LogP contribution in [0.15, 0.2) is 54.6 Å². The molecular weight excluding hydrogens is 295 g/mol. The summed E-state index contributed by atoms with van der Waals surface area (Å²) >= 11 is 0. The maximum absolute atomic E-state index is 13.3. The largest absolute Gasteiger partial charge is 0.507 e. The van der Waals surface area contributed by atoms with Crippen LogP contribution in [-0.4, -0.2) is 17.7 Å². The molecule has 3 nitrogen and oxygen atoms in total. The maximum Gasteiger partial charge on any atom is 0.338 e. The van der Waals surface area contributed by atoms with Gasteiger partial charge in [0.1, 0.15) is 11.6 Å². The molecule has 1 N–H and O–H groups in total. The van der Waals surface area contributed by atoms with Crippen molar-refractivity contribution in [3.8, 4) is 16.9 Å². The third-order valence-corrected chi connectivity index (χ3v) is 3.65. The number of aromatic hydroxyl groups is 1. The number of benzene rings is 3. The number of fused-ring (bicyclic) bond motifs is 1. The van der Waals surface area contributed by atoms with Gasteiger partial charge in [-0.25, -0.2) is 9.18 Å². The van der Waals surface area contributed by atoms with Gasteiger partial charge in [0.2, 0.25) is 0 Å². The minimum Gasteiger partial charge on any atom is -0.507 e. The molecule has 0 spiro atoms. The Morgan fingerprint density at radius 3 is 2.65 bits per heavy atom. The second kappa shape index (κ2) is 6.08. The molecule has 3 rings (SSSR count). The molecule has 3 aromatic rings. The summed E-state index contributed by atoms with van der Waals surface area (Å²) in [5.41, 5.74) is 1.28. The molecule has 0 aliphatic carbocycles. The molecule has 0 aliphatic heterocycles. The molecular formula is C19H15FO3. The quantitative estimate of drug-likeness (QED) is 0.723. The number of carbonyl (C=O) groups excluding carboxylic acids is 1. The molecule has 0 atom stereocenters. The summed E-state index contributed by atoms with van der Waals surface area (Å²) in [5, 5.41) is 11.9. The predicted molar refractivity (Wildman–Crippen MR) is 87.0 cm³/mol.